The number of ether oxygens (including phenoxy) is 2. The second kappa shape index (κ2) is 10.7. The SMILES string of the molecule is COc1cccc(CNC(=O)C(CC(=O)O)NC(=O)OCC2c3ccccc3-c3ccccc32)c1. The molecular weight excluding hydrogens is 448 g/mol. The Morgan fingerprint density at radius 2 is 1.60 bits per heavy atom. The molecule has 8 nitrogen and oxygen atoms in total. The zero-order valence-corrected chi connectivity index (χ0v) is 19.2. The maximum Gasteiger partial charge on any atom is 0.407 e. The smallest absolute Gasteiger partial charge is 0.407 e. The van der Waals surface area contributed by atoms with Crippen LogP contribution in [0.25, 0.3) is 11.1 Å². The minimum atomic E-state index is -1.28. The zero-order chi connectivity index (χ0) is 24.8. The van der Waals surface area contributed by atoms with Crippen molar-refractivity contribution in [2.24, 2.45) is 0 Å². The van der Waals surface area contributed by atoms with Crippen LogP contribution >= 0.6 is 0 Å². The number of benzene rings is 3. The Labute approximate surface area is 202 Å². The molecule has 0 fully saturated rings. The predicted octanol–water partition coefficient (Wildman–Crippen LogP) is 3.69. The number of carbonyl (C=O) groups is 3. The molecule has 3 aromatic carbocycles. The van der Waals surface area contributed by atoms with Gasteiger partial charge in [0.25, 0.3) is 0 Å². The standard InChI is InChI=1S/C27H26N2O6/c1-34-18-8-6-7-17(13-18)15-28-26(32)24(14-25(30)31)29-27(33)35-16-23-21-11-4-2-9-19(21)20-10-3-5-12-22(20)23/h2-13,23-24H,14-16H2,1H3,(H,28,32)(H,29,33)(H,30,31). The molecule has 0 radical (unpaired) electrons. The normalized spacial score (nSPS) is 12.7. The molecule has 0 saturated heterocycles. The van der Waals surface area contributed by atoms with Crippen LogP contribution in [0, 0.1) is 0 Å². The van der Waals surface area contributed by atoms with Gasteiger partial charge >= 0.3 is 12.1 Å². The van der Waals surface area contributed by atoms with Crippen LogP contribution in [0.15, 0.2) is 72.8 Å². The minimum Gasteiger partial charge on any atom is -0.497 e. The molecule has 35 heavy (non-hydrogen) atoms. The van der Waals surface area contributed by atoms with E-state index >= 15 is 0 Å². The molecule has 4 rings (SSSR count). The number of hydrogen-bond acceptors (Lipinski definition) is 5. The largest absolute Gasteiger partial charge is 0.497 e. The van der Waals surface area contributed by atoms with Gasteiger partial charge in [0.05, 0.1) is 13.5 Å². The number of nitrogens with one attached hydrogen (secondary N) is 2. The molecule has 1 atom stereocenters. The number of hydrogen-bond donors (Lipinski definition) is 3. The lowest BCUT2D eigenvalue weighted by Crippen LogP contribution is -2.48. The molecule has 2 amide bonds. The van der Waals surface area contributed by atoms with Gasteiger partial charge in [-0.15, -0.1) is 0 Å². The van der Waals surface area contributed by atoms with Gasteiger partial charge in [-0.05, 0) is 39.9 Å². The molecule has 3 aromatic rings. The fourth-order valence-corrected chi connectivity index (χ4v) is 4.26. The Bertz CT molecular complexity index is 1200. The van der Waals surface area contributed by atoms with Crippen molar-refractivity contribution < 1.29 is 29.0 Å². The third-order valence-corrected chi connectivity index (χ3v) is 5.93. The van der Waals surface area contributed by atoms with Crippen molar-refractivity contribution in [3.63, 3.8) is 0 Å². The van der Waals surface area contributed by atoms with E-state index in [1.165, 1.54) is 0 Å². The van der Waals surface area contributed by atoms with Crippen LogP contribution in [0.2, 0.25) is 0 Å². The molecule has 8 heteroatoms. The first-order chi connectivity index (χ1) is 17.0. The third-order valence-electron chi connectivity index (χ3n) is 5.93. The van der Waals surface area contributed by atoms with Crippen molar-refractivity contribution in [3.05, 3.63) is 89.5 Å². The van der Waals surface area contributed by atoms with E-state index in [0.717, 1.165) is 27.8 Å². The molecule has 0 aliphatic heterocycles. The molecule has 0 saturated carbocycles. The van der Waals surface area contributed by atoms with E-state index in [-0.39, 0.29) is 19.1 Å². The Hall–Kier alpha value is -4.33. The van der Waals surface area contributed by atoms with Gasteiger partial charge in [-0.3, -0.25) is 9.59 Å². The number of carboxylic acid groups (broad SMARTS) is 1. The van der Waals surface area contributed by atoms with Crippen LogP contribution in [-0.2, 0) is 20.9 Å². The average Bonchev–Trinajstić information content (AvgIpc) is 3.19. The number of carboxylic acids is 1. The Morgan fingerprint density at radius 1 is 0.943 bits per heavy atom. The number of carbonyl (C=O) groups excluding carboxylic acids is 2. The van der Waals surface area contributed by atoms with Crippen molar-refractivity contribution in [1.82, 2.24) is 10.6 Å². The Morgan fingerprint density at radius 3 is 2.23 bits per heavy atom. The third kappa shape index (κ3) is 5.60. The van der Waals surface area contributed by atoms with Gasteiger partial charge in [0, 0.05) is 12.5 Å². The number of amides is 2. The second-order valence-corrected chi connectivity index (χ2v) is 8.19. The first-order valence-corrected chi connectivity index (χ1v) is 11.2. The highest BCUT2D eigenvalue weighted by atomic mass is 16.5. The molecule has 180 valence electrons. The predicted molar refractivity (Wildman–Crippen MR) is 129 cm³/mol. The van der Waals surface area contributed by atoms with Crippen LogP contribution in [0.3, 0.4) is 0 Å². The Balaban J connectivity index is 1.38. The minimum absolute atomic E-state index is 0.0606. The van der Waals surface area contributed by atoms with E-state index in [1.807, 2.05) is 48.5 Å². The van der Waals surface area contributed by atoms with Gasteiger partial charge in [0.1, 0.15) is 18.4 Å². The number of rotatable bonds is 9. The summed E-state index contributed by atoms with van der Waals surface area (Å²) in [6, 6.07) is 21.7. The van der Waals surface area contributed by atoms with E-state index in [4.69, 9.17) is 9.47 Å². The van der Waals surface area contributed by atoms with E-state index in [0.29, 0.717) is 5.75 Å². The number of fused-ring (bicyclic) bond motifs is 3. The monoisotopic (exact) mass is 474 g/mol. The van der Waals surface area contributed by atoms with Crippen molar-refractivity contribution in [1.29, 1.82) is 0 Å². The van der Waals surface area contributed by atoms with E-state index in [2.05, 4.69) is 10.6 Å². The second-order valence-electron chi connectivity index (χ2n) is 8.19. The fraction of sp³-hybridized carbons (Fsp3) is 0.222. The van der Waals surface area contributed by atoms with Crippen molar-refractivity contribution in [3.8, 4) is 16.9 Å². The summed E-state index contributed by atoms with van der Waals surface area (Å²) in [5.41, 5.74) is 5.07. The molecule has 1 aliphatic rings. The first-order valence-electron chi connectivity index (χ1n) is 11.2. The van der Waals surface area contributed by atoms with Crippen LogP contribution in [0.4, 0.5) is 4.79 Å². The van der Waals surface area contributed by atoms with Crippen LogP contribution < -0.4 is 15.4 Å². The summed E-state index contributed by atoms with van der Waals surface area (Å²) >= 11 is 0. The summed E-state index contributed by atoms with van der Waals surface area (Å²) in [6.07, 6.45) is -1.43. The summed E-state index contributed by atoms with van der Waals surface area (Å²) in [5, 5.41) is 14.3. The van der Waals surface area contributed by atoms with Gasteiger partial charge in [0.15, 0.2) is 0 Å². The first kappa shape index (κ1) is 23.8. The summed E-state index contributed by atoms with van der Waals surface area (Å²) in [4.78, 5) is 36.5. The quantitative estimate of drug-likeness (QED) is 0.436. The highest BCUT2D eigenvalue weighted by molar-refractivity contribution is 5.89. The molecule has 0 heterocycles. The lowest BCUT2D eigenvalue weighted by molar-refractivity contribution is -0.139. The molecule has 0 spiro atoms. The van der Waals surface area contributed by atoms with Gasteiger partial charge in [-0.25, -0.2) is 4.79 Å². The van der Waals surface area contributed by atoms with Gasteiger partial charge < -0.3 is 25.2 Å². The number of alkyl carbamates (subject to hydrolysis) is 1. The summed E-state index contributed by atoms with van der Waals surface area (Å²) in [5.74, 6) is -1.35. The topological polar surface area (TPSA) is 114 Å². The average molecular weight is 475 g/mol. The fourth-order valence-electron chi connectivity index (χ4n) is 4.26. The summed E-state index contributed by atoms with van der Waals surface area (Å²) < 4.78 is 10.6. The summed E-state index contributed by atoms with van der Waals surface area (Å²) in [6.45, 7) is 0.212. The lowest BCUT2D eigenvalue weighted by Gasteiger charge is -2.19. The lowest BCUT2D eigenvalue weighted by atomic mass is 9.98. The van der Waals surface area contributed by atoms with Gasteiger partial charge in [-0.1, -0.05) is 60.7 Å². The van der Waals surface area contributed by atoms with Crippen LogP contribution in [0.5, 0.6) is 5.75 Å². The Kier molecular flexibility index (Phi) is 7.30. The molecule has 1 aliphatic carbocycles. The zero-order valence-electron chi connectivity index (χ0n) is 19.2. The van der Waals surface area contributed by atoms with E-state index in [1.54, 1.807) is 31.4 Å². The maximum absolute atomic E-state index is 12.7. The van der Waals surface area contributed by atoms with Crippen molar-refractivity contribution in [2.75, 3.05) is 13.7 Å². The van der Waals surface area contributed by atoms with Crippen LogP contribution in [-0.4, -0.2) is 42.8 Å². The van der Waals surface area contributed by atoms with E-state index in [9.17, 15) is 19.5 Å². The molecule has 1 unspecified atom stereocenters. The maximum atomic E-state index is 12.7. The number of aliphatic carboxylic acids is 1. The molecular formula is C27H26N2O6. The van der Waals surface area contributed by atoms with Crippen molar-refractivity contribution >= 4 is 18.0 Å². The van der Waals surface area contributed by atoms with Crippen molar-refractivity contribution in [2.45, 2.75) is 24.9 Å². The summed E-state index contributed by atoms with van der Waals surface area (Å²) in [7, 11) is 1.54. The van der Waals surface area contributed by atoms with Gasteiger partial charge in [0.2, 0.25) is 5.91 Å². The molecule has 0 bridgehead atoms. The highest BCUT2D eigenvalue weighted by Gasteiger charge is 2.30. The number of methoxy groups -OCH3 is 1. The highest BCUT2D eigenvalue weighted by Crippen LogP contribution is 2.44. The van der Waals surface area contributed by atoms with Crippen LogP contribution in [0.1, 0.15) is 29.0 Å². The van der Waals surface area contributed by atoms with Gasteiger partial charge in [-0.2, -0.15) is 0 Å². The van der Waals surface area contributed by atoms with E-state index < -0.39 is 30.4 Å². The molecule has 0 aromatic heterocycles. The molecule has 3 N–H and O–H groups in total.